The minimum atomic E-state index is 0.224. The summed E-state index contributed by atoms with van der Waals surface area (Å²) in [5.41, 5.74) is 6.98. The van der Waals surface area contributed by atoms with Crippen LogP contribution in [0, 0.1) is 11.3 Å². The molecule has 0 saturated heterocycles. The highest BCUT2D eigenvalue weighted by atomic mass is 35.5. The highest BCUT2D eigenvalue weighted by Crippen LogP contribution is 2.21. The van der Waals surface area contributed by atoms with E-state index >= 15 is 0 Å². The van der Waals surface area contributed by atoms with Gasteiger partial charge in [0.05, 0.1) is 16.9 Å². The van der Waals surface area contributed by atoms with Crippen LogP contribution in [-0.2, 0) is 0 Å². The molecular weight excluding hydrogens is 222 g/mol. The fourth-order valence-corrected chi connectivity index (χ4v) is 1.64. The maximum Gasteiger partial charge on any atom is 0.145 e. The normalized spacial score (nSPS) is 10.0. The summed E-state index contributed by atoms with van der Waals surface area (Å²) in [5, 5.41) is 13.2. The fourth-order valence-electron chi connectivity index (χ4n) is 1.38. The zero-order valence-corrected chi connectivity index (χ0v) is 8.94. The van der Waals surface area contributed by atoms with Crippen molar-refractivity contribution >= 4 is 30.7 Å². The van der Waals surface area contributed by atoms with E-state index in [1.807, 2.05) is 6.07 Å². The van der Waals surface area contributed by atoms with Crippen LogP contribution in [0.3, 0.4) is 0 Å². The zero-order chi connectivity index (χ0) is 11.7. The topological polar surface area (TPSA) is 67.6 Å². The lowest BCUT2D eigenvalue weighted by Crippen LogP contribution is -2.15. The molecule has 0 bridgehead atoms. The first kappa shape index (κ1) is 10.6. The molecule has 2 N–H and O–H groups in total. The molecule has 0 aliphatic heterocycles. The van der Waals surface area contributed by atoms with Gasteiger partial charge in [-0.3, -0.25) is 0 Å². The number of nitrogens with two attached hydrogens (primary N) is 1. The number of rotatable bonds is 1. The van der Waals surface area contributed by atoms with Gasteiger partial charge in [-0.25, -0.2) is 4.68 Å². The lowest BCUT2D eigenvalue weighted by Gasteiger charge is -2.09. The Morgan fingerprint density at radius 3 is 2.81 bits per heavy atom. The molecule has 0 aliphatic rings. The number of benzene rings is 1. The van der Waals surface area contributed by atoms with Crippen molar-refractivity contribution < 1.29 is 0 Å². The quantitative estimate of drug-likeness (QED) is 0.733. The van der Waals surface area contributed by atoms with E-state index in [0.29, 0.717) is 21.7 Å². The van der Waals surface area contributed by atoms with Gasteiger partial charge in [0.25, 0.3) is 0 Å². The van der Waals surface area contributed by atoms with Crippen LogP contribution in [0.25, 0.3) is 5.69 Å². The van der Waals surface area contributed by atoms with E-state index < -0.39 is 0 Å². The van der Waals surface area contributed by atoms with Gasteiger partial charge in [-0.1, -0.05) is 29.2 Å². The van der Waals surface area contributed by atoms with Crippen molar-refractivity contribution in [3.05, 3.63) is 35.0 Å². The van der Waals surface area contributed by atoms with Crippen molar-refractivity contribution in [3.63, 3.8) is 0 Å². The van der Waals surface area contributed by atoms with Crippen molar-refractivity contribution in [2.24, 2.45) is 0 Å². The van der Waals surface area contributed by atoms with Gasteiger partial charge >= 0.3 is 0 Å². The molecule has 0 unspecified atom stereocenters. The predicted octanol–water partition coefficient (Wildman–Crippen LogP) is 0.773. The Balaban J connectivity index is 2.69. The standard InChI is InChI=1S/C10H6BClN4/c11-7-2-1-3-8(12)9(7)16-10(14)6(4-13)5-15-16/h1-3,5H,14H2. The molecule has 2 rings (SSSR count). The van der Waals surface area contributed by atoms with E-state index in [1.165, 1.54) is 10.9 Å². The maximum atomic E-state index is 8.77. The molecular formula is C10H6BClN4. The van der Waals surface area contributed by atoms with E-state index in [0.717, 1.165) is 0 Å². The Hall–Kier alpha value is -1.93. The Morgan fingerprint density at radius 1 is 1.50 bits per heavy atom. The number of aromatic nitrogens is 2. The Kier molecular flexibility index (Phi) is 2.59. The molecule has 0 spiro atoms. The van der Waals surface area contributed by atoms with Crippen LogP contribution in [0.4, 0.5) is 5.82 Å². The fraction of sp³-hybridized carbons (Fsp3) is 0. The van der Waals surface area contributed by atoms with Gasteiger partial charge in [-0.2, -0.15) is 10.4 Å². The van der Waals surface area contributed by atoms with E-state index in [9.17, 15) is 0 Å². The monoisotopic (exact) mass is 228 g/mol. The maximum absolute atomic E-state index is 8.77. The summed E-state index contributed by atoms with van der Waals surface area (Å²) in [7, 11) is 5.79. The highest BCUT2D eigenvalue weighted by molar-refractivity contribution is 6.39. The molecule has 6 heteroatoms. The van der Waals surface area contributed by atoms with Crippen LogP contribution >= 0.6 is 11.6 Å². The predicted molar refractivity (Wildman–Crippen MR) is 63.1 cm³/mol. The van der Waals surface area contributed by atoms with Gasteiger partial charge in [0.2, 0.25) is 0 Å². The number of halogens is 1. The first-order valence-corrected chi connectivity index (χ1v) is 4.81. The molecule has 1 aromatic carbocycles. The average molecular weight is 228 g/mol. The molecule has 0 fully saturated rings. The number of para-hydroxylation sites is 1. The number of hydrogen-bond acceptors (Lipinski definition) is 3. The van der Waals surface area contributed by atoms with Gasteiger partial charge in [0.15, 0.2) is 0 Å². The molecule has 76 valence electrons. The Morgan fingerprint density at radius 2 is 2.25 bits per heavy atom. The summed E-state index contributed by atoms with van der Waals surface area (Å²) < 4.78 is 1.36. The van der Waals surface area contributed by atoms with Gasteiger partial charge in [-0.05, 0) is 6.07 Å². The number of nitrogen functional groups attached to an aromatic ring is 1. The SMILES string of the molecule is [B]c1cccc(Cl)c1-n1ncc(C#N)c1N. The van der Waals surface area contributed by atoms with E-state index in [-0.39, 0.29) is 5.82 Å². The van der Waals surface area contributed by atoms with Crippen molar-refractivity contribution in [2.75, 3.05) is 5.73 Å². The van der Waals surface area contributed by atoms with Crippen LogP contribution in [0.15, 0.2) is 24.4 Å². The van der Waals surface area contributed by atoms with Crippen molar-refractivity contribution in [3.8, 4) is 11.8 Å². The molecule has 0 saturated carbocycles. The zero-order valence-electron chi connectivity index (χ0n) is 8.18. The molecule has 0 atom stereocenters. The van der Waals surface area contributed by atoms with E-state index in [2.05, 4.69) is 5.10 Å². The van der Waals surface area contributed by atoms with Crippen LogP contribution in [0.5, 0.6) is 0 Å². The molecule has 0 aliphatic carbocycles. The summed E-state index contributed by atoms with van der Waals surface area (Å²) in [4.78, 5) is 0. The second kappa shape index (κ2) is 3.91. The summed E-state index contributed by atoms with van der Waals surface area (Å²) in [6.07, 6.45) is 1.37. The summed E-state index contributed by atoms with van der Waals surface area (Å²) in [6, 6.07) is 7.03. The van der Waals surface area contributed by atoms with Crippen molar-refractivity contribution in [1.82, 2.24) is 9.78 Å². The molecule has 1 heterocycles. The molecule has 4 nitrogen and oxygen atoms in total. The third-order valence-electron chi connectivity index (χ3n) is 2.16. The second-order valence-corrected chi connectivity index (χ2v) is 3.55. The van der Waals surface area contributed by atoms with Crippen molar-refractivity contribution in [2.45, 2.75) is 0 Å². The highest BCUT2D eigenvalue weighted by Gasteiger charge is 2.12. The van der Waals surface area contributed by atoms with Gasteiger partial charge in [0, 0.05) is 0 Å². The first-order chi connectivity index (χ1) is 7.65. The minimum absolute atomic E-state index is 0.224. The van der Waals surface area contributed by atoms with Crippen LogP contribution in [0.1, 0.15) is 5.56 Å². The average Bonchev–Trinajstić information content (AvgIpc) is 2.60. The van der Waals surface area contributed by atoms with Gasteiger partial charge in [-0.15, -0.1) is 0 Å². The Bertz CT molecular complexity index is 565. The van der Waals surface area contributed by atoms with Crippen LogP contribution in [-0.4, -0.2) is 17.6 Å². The molecule has 2 aromatic rings. The molecule has 16 heavy (non-hydrogen) atoms. The Labute approximate surface area is 98.6 Å². The van der Waals surface area contributed by atoms with Gasteiger partial charge < -0.3 is 5.73 Å². The minimum Gasteiger partial charge on any atom is -0.382 e. The lowest BCUT2D eigenvalue weighted by atomic mass is 9.94. The molecule has 2 radical (unpaired) electrons. The number of nitrogens with zero attached hydrogens (tertiary/aromatic N) is 3. The van der Waals surface area contributed by atoms with Crippen LogP contribution in [0.2, 0.25) is 5.02 Å². The summed E-state index contributed by atoms with van der Waals surface area (Å²) in [5.74, 6) is 0.224. The smallest absolute Gasteiger partial charge is 0.145 e. The lowest BCUT2D eigenvalue weighted by molar-refractivity contribution is 0.896. The molecule has 0 amide bonds. The number of nitriles is 1. The number of anilines is 1. The van der Waals surface area contributed by atoms with Crippen molar-refractivity contribution in [1.29, 1.82) is 5.26 Å². The van der Waals surface area contributed by atoms with E-state index in [4.69, 9.17) is 30.4 Å². The second-order valence-electron chi connectivity index (χ2n) is 3.14. The third kappa shape index (κ3) is 1.53. The van der Waals surface area contributed by atoms with Gasteiger partial charge in [0.1, 0.15) is 25.3 Å². The van der Waals surface area contributed by atoms with Crippen LogP contribution < -0.4 is 11.2 Å². The largest absolute Gasteiger partial charge is 0.382 e. The molecule has 1 aromatic heterocycles. The number of hydrogen-bond donors (Lipinski definition) is 1. The third-order valence-corrected chi connectivity index (χ3v) is 2.46. The first-order valence-electron chi connectivity index (χ1n) is 4.43. The summed E-state index contributed by atoms with van der Waals surface area (Å²) in [6.45, 7) is 0. The van der Waals surface area contributed by atoms with E-state index in [1.54, 1.807) is 18.2 Å². The summed E-state index contributed by atoms with van der Waals surface area (Å²) >= 11 is 6.01.